The number of nitrogens with two attached hydrogens (primary N) is 1. The number of hydrogen-bond acceptors (Lipinski definition) is 3. The van der Waals surface area contributed by atoms with Crippen LogP contribution in [-0.4, -0.2) is 23.1 Å². The van der Waals surface area contributed by atoms with Gasteiger partial charge >= 0.3 is 11.7 Å². The molecule has 6 heteroatoms. The first-order chi connectivity index (χ1) is 9.31. The first-order valence-corrected chi connectivity index (χ1v) is 6.98. The van der Waals surface area contributed by atoms with Crippen LogP contribution in [0.15, 0.2) is 12.3 Å². The summed E-state index contributed by atoms with van der Waals surface area (Å²) in [6.45, 7) is 4.04. The Bertz CT molecular complexity index is 479. The second-order valence-electron chi connectivity index (χ2n) is 5.72. The zero-order valence-corrected chi connectivity index (χ0v) is 12.1. The average molecular weight is 286 g/mol. The molecule has 0 spiro atoms. The molecule has 2 N–H and O–H groups in total. The van der Waals surface area contributed by atoms with Gasteiger partial charge in [0.2, 0.25) is 0 Å². The summed E-state index contributed by atoms with van der Waals surface area (Å²) >= 11 is 0. The van der Waals surface area contributed by atoms with Crippen molar-refractivity contribution >= 4 is 0 Å². The van der Waals surface area contributed by atoms with E-state index in [0.717, 1.165) is 5.82 Å². The first kappa shape index (κ1) is 15.1. The van der Waals surface area contributed by atoms with E-state index >= 15 is 0 Å². The highest BCUT2D eigenvalue weighted by molar-refractivity contribution is 5.08. The van der Waals surface area contributed by atoms with Gasteiger partial charge in [-0.15, -0.1) is 0 Å². The van der Waals surface area contributed by atoms with Crippen LogP contribution >= 0.6 is 0 Å². The van der Waals surface area contributed by atoms with Crippen LogP contribution in [-0.2, 0) is 7.05 Å². The lowest BCUT2D eigenvalue weighted by Gasteiger charge is -2.34. The second kappa shape index (κ2) is 5.60. The number of hydrogen-bond donors (Lipinski definition) is 1. The van der Waals surface area contributed by atoms with E-state index in [1.54, 1.807) is 6.07 Å². The van der Waals surface area contributed by atoms with Crippen LogP contribution in [0.25, 0.3) is 0 Å². The van der Waals surface area contributed by atoms with Gasteiger partial charge in [0, 0.05) is 6.42 Å². The molecule has 1 aliphatic rings. The van der Waals surface area contributed by atoms with Crippen LogP contribution < -0.4 is 15.0 Å². The van der Waals surface area contributed by atoms with Crippen molar-refractivity contribution in [1.29, 1.82) is 0 Å². The predicted octanol–water partition coefficient (Wildman–Crippen LogP) is 1.92. The highest BCUT2D eigenvalue weighted by Gasteiger charge is 2.46. The Kier molecular flexibility index (Phi) is 4.22. The number of aryl methyl sites for hydroxylation is 1. The highest BCUT2D eigenvalue weighted by Crippen LogP contribution is 2.34. The van der Waals surface area contributed by atoms with Gasteiger partial charge in [0.15, 0.2) is 0 Å². The highest BCUT2D eigenvalue weighted by atomic mass is 19.3. The largest absolute Gasteiger partial charge is 0.454 e. The fraction of sp³-hybridized carbons (Fsp3) is 0.714. The number of nitrogens with zero attached hydrogens (tertiary/aromatic N) is 2. The maximum Gasteiger partial charge on any atom is 0.332 e. The molecule has 1 aromatic rings. The standard InChI is InChI=1S/C14H22F2N3O/c1-9(2)13-18-11(6-8-19(13)3)20-10-5-4-7-14(15,16)12(10)17/h6,8-10,12H,4-5,7,17H2,1-3H3/q+1/t10-,12+/m0/s1. The summed E-state index contributed by atoms with van der Waals surface area (Å²) in [4.78, 5) is 4.39. The van der Waals surface area contributed by atoms with Gasteiger partial charge in [0.05, 0.1) is 25.2 Å². The van der Waals surface area contributed by atoms with Crippen molar-refractivity contribution < 1.29 is 18.1 Å². The molecule has 112 valence electrons. The molecule has 1 heterocycles. The van der Waals surface area contributed by atoms with Crippen molar-refractivity contribution in [3.05, 3.63) is 18.1 Å². The predicted molar refractivity (Wildman–Crippen MR) is 70.7 cm³/mol. The first-order valence-electron chi connectivity index (χ1n) is 6.98. The van der Waals surface area contributed by atoms with E-state index in [-0.39, 0.29) is 12.3 Å². The Morgan fingerprint density at radius 1 is 1.50 bits per heavy atom. The molecule has 0 amide bonds. The smallest absolute Gasteiger partial charge is 0.332 e. The van der Waals surface area contributed by atoms with Crippen molar-refractivity contribution in [2.75, 3.05) is 0 Å². The van der Waals surface area contributed by atoms with E-state index in [9.17, 15) is 8.78 Å². The Morgan fingerprint density at radius 2 is 2.20 bits per heavy atom. The molecule has 2 atom stereocenters. The van der Waals surface area contributed by atoms with E-state index < -0.39 is 18.1 Å². The van der Waals surface area contributed by atoms with Crippen molar-refractivity contribution in [2.45, 2.75) is 57.1 Å². The van der Waals surface area contributed by atoms with Gasteiger partial charge < -0.3 is 10.5 Å². The maximum absolute atomic E-state index is 13.6. The van der Waals surface area contributed by atoms with Gasteiger partial charge in [-0.3, -0.25) is 0 Å². The quantitative estimate of drug-likeness (QED) is 0.864. The summed E-state index contributed by atoms with van der Waals surface area (Å²) in [7, 11) is 1.90. The minimum Gasteiger partial charge on any atom is -0.454 e. The molecule has 0 aromatic carbocycles. The van der Waals surface area contributed by atoms with E-state index in [1.807, 2.05) is 31.7 Å². The summed E-state index contributed by atoms with van der Waals surface area (Å²) in [5.41, 5.74) is 5.62. The van der Waals surface area contributed by atoms with E-state index in [0.29, 0.717) is 18.7 Å². The van der Waals surface area contributed by atoms with Gasteiger partial charge in [-0.05, 0) is 17.8 Å². The van der Waals surface area contributed by atoms with Crippen LogP contribution in [0.3, 0.4) is 0 Å². The summed E-state index contributed by atoms with van der Waals surface area (Å²) in [5, 5.41) is 0. The number of aromatic nitrogens is 2. The third kappa shape index (κ3) is 3.06. The van der Waals surface area contributed by atoms with Crippen LogP contribution in [0.1, 0.15) is 44.9 Å². The molecule has 2 rings (SSSR count). The van der Waals surface area contributed by atoms with Gasteiger partial charge in [0.25, 0.3) is 5.92 Å². The van der Waals surface area contributed by atoms with Gasteiger partial charge in [0.1, 0.15) is 12.1 Å². The molecular weight excluding hydrogens is 264 g/mol. The molecular formula is C14H22F2N3O+. The van der Waals surface area contributed by atoms with Gasteiger partial charge in [-0.1, -0.05) is 13.8 Å². The minimum atomic E-state index is -2.86. The normalized spacial score (nSPS) is 25.8. The lowest BCUT2D eigenvalue weighted by molar-refractivity contribution is -0.683. The van der Waals surface area contributed by atoms with Crippen LogP contribution in [0, 0.1) is 0 Å². The third-order valence-corrected chi connectivity index (χ3v) is 3.70. The zero-order valence-electron chi connectivity index (χ0n) is 12.1. The summed E-state index contributed by atoms with van der Waals surface area (Å²) in [5.74, 6) is -1.42. The number of rotatable bonds is 3. The van der Waals surface area contributed by atoms with Crippen LogP contribution in [0.4, 0.5) is 8.78 Å². The molecule has 0 unspecified atom stereocenters. The van der Waals surface area contributed by atoms with Crippen molar-refractivity contribution in [3.63, 3.8) is 0 Å². The number of halogens is 2. The third-order valence-electron chi connectivity index (χ3n) is 3.70. The molecule has 0 bridgehead atoms. The minimum absolute atomic E-state index is 0.164. The Balaban J connectivity index is 2.16. The summed E-state index contributed by atoms with van der Waals surface area (Å²) < 4.78 is 34.7. The monoisotopic (exact) mass is 286 g/mol. The van der Waals surface area contributed by atoms with Crippen molar-refractivity contribution in [3.8, 4) is 5.88 Å². The average Bonchev–Trinajstić information content (AvgIpc) is 2.37. The fourth-order valence-electron chi connectivity index (χ4n) is 2.53. The van der Waals surface area contributed by atoms with Crippen LogP contribution in [0.5, 0.6) is 5.88 Å². The Hall–Kier alpha value is -1.30. The molecule has 1 aromatic heterocycles. The Morgan fingerprint density at radius 3 is 2.85 bits per heavy atom. The molecule has 4 nitrogen and oxygen atoms in total. The Labute approximate surface area is 118 Å². The van der Waals surface area contributed by atoms with Crippen molar-refractivity contribution in [1.82, 2.24) is 4.98 Å². The molecule has 0 aliphatic heterocycles. The van der Waals surface area contributed by atoms with Crippen molar-refractivity contribution in [2.24, 2.45) is 12.8 Å². The number of ether oxygens (including phenoxy) is 1. The second-order valence-corrected chi connectivity index (χ2v) is 5.72. The lowest BCUT2D eigenvalue weighted by Crippen LogP contribution is -2.54. The molecule has 1 fully saturated rings. The molecule has 20 heavy (non-hydrogen) atoms. The molecule has 1 aliphatic carbocycles. The molecule has 1 saturated carbocycles. The summed E-state index contributed by atoms with van der Waals surface area (Å²) in [6, 6.07) is 0.417. The molecule has 0 radical (unpaired) electrons. The fourth-order valence-corrected chi connectivity index (χ4v) is 2.53. The van der Waals surface area contributed by atoms with E-state index in [1.165, 1.54) is 0 Å². The lowest BCUT2D eigenvalue weighted by atomic mass is 9.89. The maximum atomic E-state index is 13.6. The van der Waals surface area contributed by atoms with E-state index in [4.69, 9.17) is 10.5 Å². The van der Waals surface area contributed by atoms with Gasteiger partial charge in [-0.2, -0.15) is 0 Å². The van der Waals surface area contributed by atoms with E-state index in [2.05, 4.69) is 4.98 Å². The zero-order chi connectivity index (χ0) is 14.9. The number of alkyl halides is 2. The topological polar surface area (TPSA) is 52.0 Å². The molecule has 0 saturated heterocycles. The van der Waals surface area contributed by atoms with Crippen LogP contribution in [0.2, 0.25) is 0 Å². The van der Waals surface area contributed by atoms with Gasteiger partial charge in [-0.25, -0.2) is 13.3 Å². The SMILES string of the molecule is CC(C)c1nc(O[C@H]2CCCC(F)(F)[C@@H]2N)cc[n+]1C. The summed E-state index contributed by atoms with van der Waals surface area (Å²) in [6.07, 6.45) is 1.94.